The minimum absolute atomic E-state index is 0.0412. The van der Waals surface area contributed by atoms with E-state index in [-0.39, 0.29) is 5.91 Å². The summed E-state index contributed by atoms with van der Waals surface area (Å²) in [5.74, 6) is 0.0412. The number of amides is 1. The van der Waals surface area contributed by atoms with E-state index in [2.05, 4.69) is 20.9 Å². The van der Waals surface area contributed by atoms with E-state index in [9.17, 15) is 4.79 Å². The highest BCUT2D eigenvalue weighted by molar-refractivity contribution is 9.11. The van der Waals surface area contributed by atoms with Crippen molar-refractivity contribution in [2.45, 2.75) is 20.4 Å². The number of nitrogens with zero attached hydrogens (tertiary/aromatic N) is 2. The second kappa shape index (κ2) is 5.50. The van der Waals surface area contributed by atoms with Gasteiger partial charge < -0.3 is 4.90 Å². The van der Waals surface area contributed by atoms with Gasteiger partial charge in [-0.3, -0.25) is 4.79 Å². The fourth-order valence-electron chi connectivity index (χ4n) is 1.55. The lowest BCUT2D eigenvalue weighted by atomic mass is 10.3. The van der Waals surface area contributed by atoms with Crippen LogP contribution in [0.4, 0.5) is 0 Å². The lowest BCUT2D eigenvalue weighted by molar-refractivity contribution is 0.0788. The van der Waals surface area contributed by atoms with Crippen molar-refractivity contribution in [1.82, 2.24) is 9.88 Å². The molecular weight excluding hydrogens is 332 g/mol. The Bertz CT molecular complexity index is 557. The van der Waals surface area contributed by atoms with E-state index in [0.29, 0.717) is 6.54 Å². The first kappa shape index (κ1) is 13.7. The van der Waals surface area contributed by atoms with Gasteiger partial charge in [-0.25, -0.2) is 4.98 Å². The molecule has 0 saturated heterocycles. The molecule has 0 unspecified atom stereocenters. The highest BCUT2D eigenvalue weighted by Crippen LogP contribution is 2.28. The topological polar surface area (TPSA) is 33.2 Å². The minimum atomic E-state index is 0.0412. The number of halogens is 1. The summed E-state index contributed by atoms with van der Waals surface area (Å²) in [5, 5.41) is 3.02. The number of aromatic nitrogens is 1. The number of hydrogen-bond acceptors (Lipinski definition) is 4. The van der Waals surface area contributed by atoms with Crippen LogP contribution in [0.3, 0.4) is 0 Å². The molecule has 2 rings (SSSR count). The molecule has 0 spiro atoms. The van der Waals surface area contributed by atoms with Crippen molar-refractivity contribution in [1.29, 1.82) is 0 Å². The summed E-state index contributed by atoms with van der Waals surface area (Å²) in [6, 6.07) is 1.92. The molecule has 1 amide bonds. The number of hydrogen-bond donors (Lipinski definition) is 0. The van der Waals surface area contributed by atoms with Crippen LogP contribution in [0.15, 0.2) is 15.2 Å². The predicted molar refractivity (Wildman–Crippen MR) is 79.4 cm³/mol. The maximum atomic E-state index is 12.2. The second-order valence-electron chi connectivity index (χ2n) is 4.09. The largest absolute Gasteiger partial charge is 0.335 e. The van der Waals surface area contributed by atoms with Crippen LogP contribution in [-0.2, 0) is 6.54 Å². The Morgan fingerprint density at radius 3 is 2.72 bits per heavy atom. The summed E-state index contributed by atoms with van der Waals surface area (Å²) in [6.07, 6.45) is 0. The first-order valence-electron chi connectivity index (χ1n) is 5.40. The smallest absolute Gasteiger partial charge is 0.264 e. The Kier molecular flexibility index (Phi) is 4.19. The summed E-state index contributed by atoms with van der Waals surface area (Å²) in [6.45, 7) is 4.51. The highest BCUT2D eigenvalue weighted by Gasteiger charge is 2.16. The van der Waals surface area contributed by atoms with E-state index in [1.54, 1.807) is 23.3 Å². The van der Waals surface area contributed by atoms with Gasteiger partial charge in [-0.1, -0.05) is 0 Å². The number of thiophene rings is 1. The molecule has 0 N–H and O–H groups in total. The van der Waals surface area contributed by atoms with Gasteiger partial charge in [-0.05, 0) is 41.4 Å². The minimum Gasteiger partial charge on any atom is -0.335 e. The van der Waals surface area contributed by atoms with Crippen LogP contribution in [0.5, 0.6) is 0 Å². The first-order chi connectivity index (χ1) is 8.47. The van der Waals surface area contributed by atoms with Crippen LogP contribution in [0, 0.1) is 13.8 Å². The normalized spacial score (nSPS) is 10.7. The number of aryl methyl sites for hydroxylation is 2. The summed E-state index contributed by atoms with van der Waals surface area (Å²) in [5.41, 5.74) is 2.04. The highest BCUT2D eigenvalue weighted by atomic mass is 79.9. The molecule has 18 heavy (non-hydrogen) atoms. The van der Waals surface area contributed by atoms with Crippen molar-refractivity contribution in [2.24, 2.45) is 0 Å². The number of carbonyl (C=O) groups excluding carboxylic acids is 1. The average molecular weight is 345 g/mol. The molecule has 0 aliphatic rings. The van der Waals surface area contributed by atoms with E-state index < -0.39 is 0 Å². The lowest BCUT2D eigenvalue weighted by Gasteiger charge is -2.14. The molecular formula is C12H13BrN2OS2. The van der Waals surface area contributed by atoms with Gasteiger partial charge in [0.15, 0.2) is 0 Å². The Hall–Kier alpha value is -0.720. The SMILES string of the molecule is Cc1nc(CN(C)C(=O)c2cc(C)c(Br)s2)cs1. The van der Waals surface area contributed by atoms with Crippen molar-refractivity contribution in [2.75, 3.05) is 7.05 Å². The van der Waals surface area contributed by atoms with Crippen molar-refractivity contribution >= 4 is 44.5 Å². The molecule has 0 aliphatic carbocycles. The Morgan fingerprint density at radius 1 is 1.50 bits per heavy atom. The monoisotopic (exact) mass is 344 g/mol. The average Bonchev–Trinajstić information content (AvgIpc) is 2.85. The van der Waals surface area contributed by atoms with E-state index in [1.807, 2.05) is 25.3 Å². The van der Waals surface area contributed by atoms with Crippen LogP contribution in [0.2, 0.25) is 0 Å². The third kappa shape index (κ3) is 2.99. The summed E-state index contributed by atoms with van der Waals surface area (Å²) < 4.78 is 1.02. The van der Waals surface area contributed by atoms with Gasteiger partial charge in [0.05, 0.1) is 25.9 Å². The van der Waals surface area contributed by atoms with E-state index in [0.717, 1.165) is 24.9 Å². The number of thiazole rings is 1. The van der Waals surface area contributed by atoms with Crippen LogP contribution < -0.4 is 0 Å². The van der Waals surface area contributed by atoms with Crippen molar-refractivity contribution in [3.8, 4) is 0 Å². The molecule has 0 radical (unpaired) electrons. The summed E-state index contributed by atoms with van der Waals surface area (Å²) in [7, 11) is 1.81. The van der Waals surface area contributed by atoms with Gasteiger partial charge in [0.25, 0.3) is 5.91 Å². The maximum absolute atomic E-state index is 12.2. The maximum Gasteiger partial charge on any atom is 0.264 e. The third-order valence-corrected chi connectivity index (χ3v) is 5.43. The van der Waals surface area contributed by atoms with Crippen molar-refractivity contribution < 1.29 is 4.79 Å². The van der Waals surface area contributed by atoms with Crippen LogP contribution >= 0.6 is 38.6 Å². The van der Waals surface area contributed by atoms with E-state index in [4.69, 9.17) is 0 Å². The van der Waals surface area contributed by atoms with E-state index in [1.165, 1.54) is 11.3 Å². The van der Waals surface area contributed by atoms with Crippen LogP contribution in [0.1, 0.15) is 25.9 Å². The Morgan fingerprint density at radius 2 is 2.22 bits per heavy atom. The summed E-state index contributed by atoms with van der Waals surface area (Å²) in [4.78, 5) is 19.0. The third-order valence-electron chi connectivity index (χ3n) is 2.48. The van der Waals surface area contributed by atoms with Gasteiger partial charge in [0, 0.05) is 12.4 Å². The Labute approximate surface area is 123 Å². The lowest BCUT2D eigenvalue weighted by Crippen LogP contribution is -2.25. The molecule has 6 heteroatoms. The summed E-state index contributed by atoms with van der Waals surface area (Å²) >= 11 is 6.52. The van der Waals surface area contributed by atoms with E-state index >= 15 is 0 Å². The van der Waals surface area contributed by atoms with Crippen molar-refractivity contribution in [3.63, 3.8) is 0 Å². The van der Waals surface area contributed by atoms with Gasteiger partial charge in [0.2, 0.25) is 0 Å². The van der Waals surface area contributed by atoms with Gasteiger partial charge in [-0.15, -0.1) is 22.7 Å². The van der Waals surface area contributed by atoms with Crippen LogP contribution in [-0.4, -0.2) is 22.8 Å². The quantitative estimate of drug-likeness (QED) is 0.846. The molecule has 96 valence electrons. The zero-order valence-electron chi connectivity index (χ0n) is 10.4. The molecule has 2 aromatic rings. The molecule has 0 bridgehead atoms. The molecule has 0 atom stereocenters. The molecule has 0 aliphatic heterocycles. The standard InChI is InChI=1S/C12H13BrN2OS2/c1-7-4-10(18-11(7)13)12(16)15(3)5-9-6-17-8(2)14-9/h4,6H,5H2,1-3H3. The number of carbonyl (C=O) groups is 1. The molecule has 2 heterocycles. The molecule has 0 aromatic carbocycles. The Balaban J connectivity index is 2.09. The number of rotatable bonds is 3. The molecule has 2 aromatic heterocycles. The predicted octanol–water partition coefficient (Wildman–Crippen LogP) is 3.86. The fraction of sp³-hybridized carbons (Fsp3) is 0.333. The van der Waals surface area contributed by atoms with Gasteiger partial charge in [-0.2, -0.15) is 0 Å². The van der Waals surface area contributed by atoms with Gasteiger partial charge >= 0.3 is 0 Å². The zero-order valence-corrected chi connectivity index (χ0v) is 13.6. The molecule has 3 nitrogen and oxygen atoms in total. The molecule has 0 saturated carbocycles. The van der Waals surface area contributed by atoms with Crippen LogP contribution in [0.25, 0.3) is 0 Å². The fourth-order valence-corrected chi connectivity index (χ4v) is 3.68. The molecule has 0 fully saturated rings. The second-order valence-corrected chi connectivity index (χ2v) is 7.52. The first-order valence-corrected chi connectivity index (χ1v) is 7.88. The van der Waals surface area contributed by atoms with Gasteiger partial charge in [0.1, 0.15) is 0 Å². The zero-order chi connectivity index (χ0) is 13.3. The van der Waals surface area contributed by atoms with Crippen molar-refractivity contribution in [3.05, 3.63) is 36.4 Å².